The highest BCUT2D eigenvalue weighted by Crippen LogP contribution is 2.49. The second-order valence-corrected chi connectivity index (χ2v) is 15.4. The lowest BCUT2D eigenvalue weighted by Gasteiger charge is -2.50. The molecule has 0 aliphatic carbocycles. The molecule has 1 N–H and O–H groups in total. The highest BCUT2D eigenvalue weighted by molar-refractivity contribution is 6.74. The maximum atomic E-state index is 13.3. The Hall–Kier alpha value is -2.64. The summed E-state index contributed by atoms with van der Waals surface area (Å²) in [7, 11) is -2.09. The number of benzene rings is 2. The monoisotopic (exact) mass is 466 g/mol. The fourth-order valence-corrected chi connectivity index (χ4v) is 5.86. The molecule has 2 aromatic carbocycles. The number of carbonyl (C=O) groups is 2. The summed E-state index contributed by atoms with van der Waals surface area (Å²) < 4.78 is 12.4. The second-order valence-electron chi connectivity index (χ2n) is 10.6. The molecule has 7 heteroatoms. The zero-order valence-corrected chi connectivity index (χ0v) is 21.1. The summed E-state index contributed by atoms with van der Waals surface area (Å²) in [4.78, 5) is 28.1. The Morgan fingerprint density at radius 1 is 1.09 bits per heavy atom. The maximum absolute atomic E-state index is 13.3. The lowest BCUT2D eigenvalue weighted by atomic mass is 9.75. The van der Waals surface area contributed by atoms with Gasteiger partial charge in [0.15, 0.2) is 13.9 Å². The average molecular weight is 467 g/mol. The summed E-state index contributed by atoms with van der Waals surface area (Å²) in [6, 6.07) is 19.1. The van der Waals surface area contributed by atoms with Crippen molar-refractivity contribution >= 4 is 20.3 Å². The Morgan fingerprint density at radius 3 is 2.27 bits per heavy atom. The number of hydrogen-bond acceptors (Lipinski definition) is 4. The molecular formula is C26H34N2O4Si. The normalized spacial score (nSPS) is 25.0. The maximum Gasteiger partial charge on any atom is 0.411 e. The summed E-state index contributed by atoms with van der Waals surface area (Å²) >= 11 is 0. The highest BCUT2D eigenvalue weighted by atomic mass is 28.4. The Balaban J connectivity index is 1.61. The molecule has 0 bridgehead atoms. The first-order valence-corrected chi connectivity index (χ1v) is 14.5. The third-order valence-electron chi connectivity index (χ3n) is 7.38. The van der Waals surface area contributed by atoms with Crippen LogP contribution in [0.2, 0.25) is 18.1 Å². The van der Waals surface area contributed by atoms with Gasteiger partial charge in [-0.15, -0.1) is 0 Å². The van der Waals surface area contributed by atoms with Crippen molar-refractivity contribution in [3.05, 3.63) is 71.8 Å². The smallest absolute Gasteiger partial charge is 0.411 e. The predicted molar refractivity (Wildman–Crippen MR) is 130 cm³/mol. The largest absolute Gasteiger partial charge is 0.445 e. The number of amides is 2. The number of nitrogens with one attached hydrogen (secondary N) is 1. The van der Waals surface area contributed by atoms with E-state index in [1.165, 1.54) is 0 Å². The van der Waals surface area contributed by atoms with E-state index in [2.05, 4.69) is 39.2 Å². The summed E-state index contributed by atoms with van der Waals surface area (Å²) in [5.74, 6) is -0.144. The van der Waals surface area contributed by atoms with Gasteiger partial charge in [0.2, 0.25) is 5.91 Å². The van der Waals surface area contributed by atoms with E-state index in [9.17, 15) is 9.59 Å². The molecule has 4 rings (SSSR count). The molecule has 2 saturated heterocycles. The van der Waals surface area contributed by atoms with Gasteiger partial charge in [0, 0.05) is 6.42 Å². The van der Waals surface area contributed by atoms with Crippen LogP contribution in [-0.4, -0.2) is 43.4 Å². The fraction of sp³-hybridized carbons (Fsp3) is 0.462. The van der Waals surface area contributed by atoms with E-state index in [1.54, 1.807) is 4.90 Å². The van der Waals surface area contributed by atoms with Crippen LogP contribution >= 0.6 is 0 Å². The van der Waals surface area contributed by atoms with Crippen LogP contribution in [0.25, 0.3) is 0 Å². The molecule has 2 amide bonds. The number of hydrogen-bond donors (Lipinski definition) is 1. The number of likely N-dealkylation sites (tertiary alicyclic amines) is 1. The van der Waals surface area contributed by atoms with Gasteiger partial charge in [0.05, 0.1) is 18.7 Å². The highest BCUT2D eigenvalue weighted by Gasteiger charge is 2.66. The molecule has 176 valence electrons. The van der Waals surface area contributed by atoms with E-state index in [0.29, 0.717) is 13.0 Å². The van der Waals surface area contributed by atoms with Crippen molar-refractivity contribution in [1.29, 1.82) is 0 Å². The second kappa shape index (κ2) is 8.61. The van der Waals surface area contributed by atoms with E-state index < -0.39 is 19.9 Å². The molecule has 3 atom stereocenters. The van der Waals surface area contributed by atoms with Crippen LogP contribution in [0.5, 0.6) is 0 Å². The molecule has 2 fully saturated rings. The third kappa shape index (κ3) is 4.31. The summed E-state index contributed by atoms with van der Waals surface area (Å²) in [5.41, 5.74) is 0.888. The first-order valence-electron chi connectivity index (χ1n) is 11.6. The third-order valence-corrected chi connectivity index (χ3v) is 11.9. The molecule has 33 heavy (non-hydrogen) atoms. The van der Waals surface area contributed by atoms with Crippen molar-refractivity contribution in [1.82, 2.24) is 10.2 Å². The van der Waals surface area contributed by atoms with Crippen LogP contribution in [0.15, 0.2) is 60.7 Å². The Bertz CT molecular complexity index is 1010. The molecule has 0 radical (unpaired) electrons. The van der Waals surface area contributed by atoms with Crippen LogP contribution < -0.4 is 5.32 Å². The van der Waals surface area contributed by atoms with Crippen molar-refractivity contribution in [3.8, 4) is 0 Å². The van der Waals surface area contributed by atoms with Crippen LogP contribution in [0.4, 0.5) is 4.79 Å². The van der Waals surface area contributed by atoms with E-state index in [1.807, 2.05) is 60.7 Å². The van der Waals surface area contributed by atoms with Gasteiger partial charge in [-0.3, -0.25) is 9.69 Å². The molecule has 2 aliphatic heterocycles. The molecule has 0 unspecified atom stereocenters. The van der Waals surface area contributed by atoms with Crippen LogP contribution in [0, 0.1) is 0 Å². The number of β-lactam (4-membered cyclic amide) rings is 1. The molecule has 2 heterocycles. The van der Waals surface area contributed by atoms with Gasteiger partial charge in [0.25, 0.3) is 0 Å². The Labute approximate surface area is 197 Å². The summed E-state index contributed by atoms with van der Waals surface area (Å²) in [6.07, 6.45) is -0.228. The molecule has 2 aliphatic rings. The van der Waals surface area contributed by atoms with Gasteiger partial charge in [-0.1, -0.05) is 81.4 Å². The Kier molecular flexibility index (Phi) is 6.14. The number of ether oxygens (including phenoxy) is 1. The molecule has 2 aromatic rings. The quantitative estimate of drug-likeness (QED) is 0.496. The van der Waals surface area contributed by atoms with Gasteiger partial charge in [-0.05, 0) is 29.3 Å². The molecule has 6 nitrogen and oxygen atoms in total. The lowest BCUT2D eigenvalue weighted by molar-refractivity contribution is -0.146. The van der Waals surface area contributed by atoms with E-state index >= 15 is 0 Å². The van der Waals surface area contributed by atoms with E-state index in [0.717, 1.165) is 11.1 Å². The minimum atomic E-state index is -2.09. The van der Waals surface area contributed by atoms with Gasteiger partial charge in [-0.25, -0.2) is 4.79 Å². The zero-order valence-electron chi connectivity index (χ0n) is 20.1. The Morgan fingerprint density at radius 2 is 1.70 bits per heavy atom. The number of rotatable bonds is 5. The first kappa shape index (κ1) is 23.5. The van der Waals surface area contributed by atoms with Gasteiger partial charge < -0.3 is 14.5 Å². The van der Waals surface area contributed by atoms with Crippen molar-refractivity contribution in [2.75, 3.05) is 6.54 Å². The molecule has 0 aromatic heterocycles. The van der Waals surface area contributed by atoms with Crippen LogP contribution in [0.3, 0.4) is 0 Å². The van der Waals surface area contributed by atoms with E-state index in [4.69, 9.17) is 9.16 Å². The standard InChI is InChI=1S/C26H34N2O4Si/c1-25(2,3)33(4,5)32-21-16-26(22(27-23(26)29)20-14-10-7-11-15-20)28(17-21)24(30)31-18-19-12-8-6-9-13-19/h6-15,21-22H,16-18H2,1-5H3,(H,27,29)/t21-,22-,26+/m1/s1. The van der Waals surface area contributed by atoms with Gasteiger partial charge >= 0.3 is 6.09 Å². The topological polar surface area (TPSA) is 67.9 Å². The van der Waals surface area contributed by atoms with Crippen molar-refractivity contribution in [2.24, 2.45) is 0 Å². The SMILES string of the molecule is CC(C)(C)[Si](C)(C)O[C@H]1CN(C(=O)OCc2ccccc2)[C@]2(C1)C(=O)N[C@@H]2c1ccccc1. The summed E-state index contributed by atoms with van der Waals surface area (Å²) in [5, 5.41) is 3.06. The van der Waals surface area contributed by atoms with Crippen molar-refractivity contribution in [3.63, 3.8) is 0 Å². The minimum Gasteiger partial charge on any atom is -0.445 e. The van der Waals surface area contributed by atoms with E-state index in [-0.39, 0.29) is 29.7 Å². The minimum absolute atomic E-state index is 0.0299. The predicted octanol–water partition coefficient (Wildman–Crippen LogP) is 5.03. The van der Waals surface area contributed by atoms with Gasteiger partial charge in [0.1, 0.15) is 6.61 Å². The van der Waals surface area contributed by atoms with Crippen LogP contribution in [-0.2, 0) is 20.6 Å². The fourth-order valence-electron chi connectivity index (χ4n) is 4.52. The molecular weight excluding hydrogens is 432 g/mol. The van der Waals surface area contributed by atoms with Crippen LogP contribution in [0.1, 0.15) is 44.4 Å². The molecule has 0 saturated carbocycles. The summed E-state index contributed by atoms with van der Waals surface area (Å²) in [6.45, 7) is 11.5. The van der Waals surface area contributed by atoms with Crippen molar-refractivity contribution < 1.29 is 18.8 Å². The zero-order chi connectivity index (χ0) is 23.9. The number of nitrogens with zero attached hydrogens (tertiary/aromatic N) is 1. The van der Waals surface area contributed by atoms with Crippen molar-refractivity contribution in [2.45, 2.75) is 69.6 Å². The average Bonchev–Trinajstić information content (AvgIpc) is 3.18. The first-order chi connectivity index (χ1) is 15.5. The molecule has 1 spiro atoms. The lowest BCUT2D eigenvalue weighted by Crippen LogP contribution is -2.73. The number of carbonyl (C=O) groups excluding carboxylic acids is 2. The van der Waals surface area contributed by atoms with Gasteiger partial charge in [-0.2, -0.15) is 0 Å².